The molecule has 96 valence electrons. The fourth-order valence-electron chi connectivity index (χ4n) is 1.80. The Labute approximate surface area is 115 Å². The van der Waals surface area contributed by atoms with Crippen LogP contribution in [0.3, 0.4) is 0 Å². The topological polar surface area (TPSA) is 58.2 Å². The van der Waals surface area contributed by atoms with E-state index in [-0.39, 0.29) is 17.7 Å². The van der Waals surface area contributed by atoms with Gasteiger partial charge in [0.15, 0.2) is 0 Å². The van der Waals surface area contributed by atoms with Crippen LogP contribution in [-0.4, -0.2) is 18.4 Å². The van der Waals surface area contributed by atoms with Crippen LogP contribution in [0.4, 0.5) is 5.69 Å². The molecule has 2 N–H and O–H groups in total. The summed E-state index contributed by atoms with van der Waals surface area (Å²) in [5.74, 6) is -0.435. The summed E-state index contributed by atoms with van der Waals surface area (Å²) in [7, 11) is 0. The normalized spacial score (nSPS) is 19.2. The highest BCUT2D eigenvalue weighted by Gasteiger charge is 2.25. The van der Waals surface area contributed by atoms with E-state index >= 15 is 0 Å². The first-order valence-corrected chi connectivity index (χ1v) is 6.35. The van der Waals surface area contributed by atoms with Crippen molar-refractivity contribution in [2.75, 3.05) is 11.9 Å². The van der Waals surface area contributed by atoms with Gasteiger partial charge in [0.1, 0.15) is 0 Å². The molecule has 1 aliphatic heterocycles. The molecular weight excluding hydrogens is 275 g/mol. The lowest BCUT2D eigenvalue weighted by Crippen LogP contribution is -2.40. The summed E-state index contributed by atoms with van der Waals surface area (Å²) in [5, 5.41) is 6.17. The highest BCUT2D eigenvalue weighted by atomic mass is 35.5. The molecule has 2 amide bonds. The molecule has 4 nitrogen and oxygen atoms in total. The molecule has 1 unspecified atom stereocenters. The lowest BCUT2D eigenvalue weighted by Gasteiger charge is -2.22. The van der Waals surface area contributed by atoms with Gasteiger partial charge >= 0.3 is 0 Å². The number of hydrogen-bond donors (Lipinski definition) is 2. The quantitative estimate of drug-likeness (QED) is 0.877. The average molecular weight is 287 g/mol. The van der Waals surface area contributed by atoms with Crippen LogP contribution in [0.15, 0.2) is 18.2 Å². The lowest BCUT2D eigenvalue weighted by molar-refractivity contribution is -0.126. The van der Waals surface area contributed by atoms with Crippen LogP contribution in [0.5, 0.6) is 0 Å². The van der Waals surface area contributed by atoms with Crippen molar-refractivity contribution in [3.8, 4) is 0 Å². The van der Waals surface area contributed by atoms with Crippen LogP contribution in [0, 0.1) is 5.92 Å². The Morgan fingerprint density at radius 2 is 2.00 bits per heavy atom. The maximum atomic E-state index is 12.0. The standard InChI is InChI=1S/C12H12Cl2N2O2/c13-8-2-1-3-9(14)11(8)16-12(18)7-4-5-10(17)15-6-7/h1-3,7H,4-6H2,(H,15,17)(H,16,18). The predicted octanol–water partition coefficient (Wildman–Crippen LogP) is 2.46. The van der Waals surface area contributed by atoms with E-state index in [0.29, 0.717) is 35.1 Å². The molecular formula is C12H12Cl2N2O2. The zero-order valence-electron chi connectivity index (χ0n) is 9.50. The smallest absolute Gasteiger partial charge is 0.229 e. The molecule has 18 heavy (non-hydrogen) atoms. The Hall–Kier alpha value is -1.26. The maximum Gasteiger partial charge on any atom is 0.229 e. The molecule has 1 saturated heterocycles. The number of piperidine rings is 1. The fourth-order valence-corrected chi connectivity index (χ4v) is 2.29. The van der Waals surface area contributed by atoms with Crippen molar-refractivity contribution >= 4 is 40.7 Å². The SMILES string of the molecule is O=C1CCC(C(=O)Nc2c(Cl)cccc2Cl)CN1. The number of para-hydroxylation sites is 1. The zero-order valence-corrected chi connectivity index (χ0v) is 11.0. The molecule has 0 radical (unpaired) electrons. The first-order chi connectivity index (χ1) is 8.58. The van der Waals surface area contributed by atoms with Crippen molar-refractivity contribution in [3.63, 3.8) is 0 Å². The minimum atomic E-state index is -0.241. The van der Waals surface area contributed by atoms with Crippen LogP contribution in [0.2, 0.25) is 10.0 Å². The summed E-state index contributed by atoms with van der Waals surface area (Å²) < 4.78 is 0. The molecule has 0 aliphatic carbocycles. The van der Waals surface area contributed by atoms with Gasteiger partial charge in [0, 0.05) is 13.0 Å². The second kappa shape index (κ2) is 5.59. The highest BCUT2D eigenvalue weighted by molar-refractivity contribution is 6.39. The van der Waals surface area contributed by atoms with Gasteiger partial charge in [0.2, 0.25) is 11.8 Å². The largest absolute Gasteiger partial charge is 0.355 e. The van der Waals surface area contributed by atoms with Crippen molar-refractivity contribution in [3.05, 3.63) is 28.2 Å². The third kappa shape index (κ3) is 2.94. The lowest BCUT2D eigenvalue weighted by atomic mass is 9.98. The number of halogens is 2. The second-order valence-electron chi connectivity index (χ2n) is 4.13. The molecule has 1 aliphatic rings. The van der Waals surface area contributed by atoms with Crippen molar-refractivity contribution in [2.24, 2.45) is 5.92 Å². The summed E-state index contributed by atoms with van der Waals surface area (Å²) in [6.07, 6.45) is 0.911. The van der Waals surface area contributed by atoms with E-state index in [4.69, 9.17) is 23.2 Å². The van der Waals surface area contributed by atoms with Gasteiger partial charge in [-0.2, -0.15) is 0 Å². The van der Waals surface area contributed by atoms with Gasteiger partial charge in [0.25, 0.3) is 0 Å². The minimum Gasteiger partial charge on any atom is -0.355 e. The summed E-state index contributed by atoms with van der Waals surface area (Å²) in [6, 6.07) is 5.03. The molecule has 0 aromatic heterocycles. The Morgan fingerprint density at radius 3 is 2.56 bits per heavy atom. The van der Waals surface area contributed by atoms with Crippen LogP contribution >= 0.6 is 23.2 Å². The number of benzene rings is 1. The van der Waals surface area contributed by atoms with E-state index < -0.39 is 0 Å². The van der Waals surface area contributed by atoms with Gasteiger partial charge < -0.3 is 10.6 Å². The van der Waals surface area contributed by atoms with Gasteiger partial charge in [-0.3, -0.25) is 9.59 Å². The second-order valence-corrected chi connectivity index (χ2v) is 4.94. The molecule has 1 aromatic rings. The van der Waals surface area contributed by atoms with E-state index in [9.17, 15) is 9.59 Å². The van der Waals surface area contributed by atoms with Crippen LogP contribution in [0.1, 0.15) is 12.8 Å². The monoisotopic (exact) mass is 286 g/mol. The Morgan fingerprint density at radius 1 is 1.33 bits per heavy atom. The summed E-state index contributed by atoms with van der Waals surface area (Å²) in [6.45, 7) is 0.354. The van der Waals surface area contributed by atoms with Crippen molar-refractivity contribution < 1.29 is 9.59 Å². The van der Waals surface area contributed by atoms with Gasteiger partial charge in [-0.15, -0.1) is 0 Å². The van der Waals surface area contributed by atoms with Crippen molar-refractivity contribution in [1.29, 1.82) is 0 Å². The van der Waals surface area contributed by atoms with Crippen LogP contribution in [0.25, 0.3) is 0 Å². The molecule has 1 aromatic carbocycles. The van der Waals surface area contributed by atoms with Crippen molar-refractivity contribution in [1.82, 2.24) is 5.32 Å². The number of anilines is 1. The number of rotatable bonds is 2. The molecule has 0 bridgehead atoms. The van der Waals surface area contributed by atoms with Gasteiger partial charge in [-0.05, 0) is 18.6 Å². The molecule has 6 heteroatoms. The van der Waals surface area contributed by atoms with Gasteiger partial charge in [-0.25, -0.2) is 0 Å². The molecule has 1 atom stereocenters. The zero-order chi connectivity index (χ0) is 13.1. The number of amides is 2. The molecule has 2 rings (SSSR count). The Kier molecular flexibility index (Phi) is 4.09. The molecule has 1 heterocycles. The van der Waals surface area contributed by atoms with E-state index in [2.05, 4.69) is 10.6 Å². The van der Waals surface area contributed by atoms with E-state index in [1.807, 2.05) is 0 Å². The van der Waals surface area contributed by atoms with E-state index in [1.54, 1.807) is 18.2 Å². The number of hydrogen-bond acceptors (Lipinski definition) is 2. The summed E-state index contributed by atoms with van der Waals surface area (Å²) >= 11 is 11.9. The summed E-state index contributed by atoms with van der Waals surface area (Å²) in [4.78, 5) is 23.0. The average Bonchev–Trinajstić information content (AvgIpc) is 2.34. The minimum absolute atomic E-state index is 0.0187. The van der Waals surface area contributed by atoms with E-state index in [0.717, 1.165) is 0 Å². The molecule has 0 saturated carbocycles. The number of carbonyl (C=O) groups is 2. The van der Waals surface area contributed by atoms with Crippen LogP contribution < -0.4 is 10.6 Å². The maximum absolute atomic E-state index is 12.0. The third-order valence-electron chi connectivity index (χ3n) is 2.85. The molecule has 0 spiro atoms. The fraction of sp³-hybridized carbons (Fsp3) is 0.333. The number of nitrogens with one attached hydrogen (secondary N) is 2. The first-order valence-electron chi connectivity index (χ1n) is 5.59. The van der Waals surface area contributed by atoms with Gasteiger partial charge in [-0.1, -0.05) is 29.3 Å². The Balaban J connectivity index is 2.05. The predicted molar refractivity (Wildman–Crippen MR) is 70.8 cm³/mol. The van der Waals surface area contributed by atoms with E-state index in [1.165, 1.54) is 0 Å². The highest BCUT2D eigenvalue weighted by Crippen LogP contribution is 2.30. The number of carbonyl (C=O) groups excluding carboxylic acids is 2. The Bertz CT molecular complexity index is 461. The first kappa shape index (κ1) is 13.2. The van der Waals surface area contributed by atoms with Crippen LogP contribution in [-0.2, 0) is 9.59 Å². The van der Waals surface area contributed by atoms with Gasteiger partial charge in [0.05, 0.1) is 21.7 Å². The molecule has 1 fully saturated rings. The van der Waals surface area contributed by atoms with Crippen molar-refractivity contribution in [2.45, 2.75) is 12.8 Å². The summed E-state index contributed by atoms with van der Waals surface area (Å²) in [5.41, 5.74) is 0.419. The third-order valence-corrected chi connectivity index (χ3v) is 3.48.